The molecule has 1 amide bonds. The normalized spacial score (nSPS) is 18.6. The number of carbonyl (C=O) groups excluding carboxylic acids is 1. The third kappa shape index (κ3) is 7.27. The van der Waals surface area contributed by atoms with E-state index in [-0.39, 0.29) is 11.3 Å². The predicted octanol–water partition coefficient (Wildman–Crippen LogP) is 4.97. The van der Waals surface area contributed by atoms with Crippen molar-refractivity contribution >= 4 is 5.91 Å². The number of hydrogen-bond donors (Lipinski definition) is 0. The number of ether oxygens (including phenoxy) is 1. The fourth-order valence-corrected chi connectivity index (χ4v) is 6.40. The summed E-state index contributed by atoms with van der Waals surface area (Å²) in [5.41, 5.74) is 4.97. The van der Waals surface area contributed by atoms with Gasteiger partial charge in [-0.3, -0.25) is 19.4 Å². The van der Waals surface area contributed by atoms with E-state index in [1.54, 1.807) is 0 Å². The maximum absolute atomic E-state index is 13.2. The van der Waals surface area contributed by atoms with Crippen LogP contribution in [0.4, 0.5) is 0 Å². The Balaban J connectivity index is 1.26. The lowest BCUT2D eigenvalue weighted by molar-refractivity contribution is -0.133. The molecule has 7 nitrogen and oxygen atoms in total. The van der Waals surface area contributed by atoms with Crippen LogP contribution in [0.3, 0.4) is 0 Å². The largest absolute Gasteiger partial charge is 0.492 e. The highest BCUT2D eigenvalue weighted by atomic mass is 16.5. The molecule has 3 aromatic rings. The molecule has 7 heteroatoms. The number of amides is 1. The van der Waals surface area contributed by atoms with Gasteiger partial charge in [-0.2, -0.15) is 5.10 Å². The zero-order valence-electron chi connectivity index (χ0n) is 23.6. The number of carbonyl (C=O) groups is 1. The van der Waals surface area contributed by atoms with Gasteiger partial charge in [0.15, 0.2) is 0 Å². The van der Waals surface area contributed by atoms with Crippen molar-refractivity contribution < 1.29 is 9.53 Å². The summed E-state index contributed by atoms with van der Waals surface area (Å²) in [6.45, 7) is 7.17. The minimum atomic E-state index is 0.220. The van der Waals surface area contributed by atoms with Gasteiger partial charge in [-0.05, 0) is 79.7 Å². The fourth-order valence-electron chi connectivity index (χ4n) is 6.40. The van der Waals surface area contributed by atoms with E-state index in [1.165, 1.54) is 29.5 Å². The van der Waals surface area contributed by atoms with Gasteiger partial charge in [0, 0.05) is 64.8 Å². The summed E-state index contributed by atoms with van der Waals surface area (Å²) in [6, 6.07) is 12.7. The van der Waals surface area contributed by atoms with Crippen molar-refractivity contribution in [2.24, 2.45) is 12.5 Å². The van der Waals surface area contributed by atoms with E-state index in [9.17, 15) is 4.79 Å². The SMILES string of the molecule is Cc1nn(C)cc1CCC(=O)N1CCC2(CCCCc3ccccc3OCCN(Cc3cccnc3)C2)CC1. The second-order valence-corrected chi connectivity index (χ2v) is 11.5. The molecule has 1 aromatic carbocycles. The third-order valence-electron chi connectivity index (χ3n) is 8.63. The fraction of sp³-hybridized carbons (Fsp3) is 0.531. The Labute approximate surface area is 233 Å². The Hall–Kier alpha value is -3.19. The van der Waals surface area contributed by atoms with Gasteiger partial charge in [0.1, 0.15) is 12.4 Å². The summed E-state index contributed by atoms with van der Waals surface area (Å²) in [5.74, 6) is 1.31. The predicted molar refractivity (Wildman–Crippen MR) is 154 cm³/mol. The molecule has 0 bridgehead atoms. The first kappa shape index (κ1) is 27.4. The number of hydrogen-bond acceptors (Lipinski definition) is 5. The Morgan fingerprint density at radius 1 is 1.05 bits per heavy atom. The number of piperidine rings is 1. The minimum Gasteiger partial charge on any atom is -0.492 e. The first-order chi connectivity index (χ1) is 19.0. The molecule has 0 N–H and O–H groups in total. The Kier molecular flexibility index (Phi) is 8.97. The molecule has 5 rings (SSSR count). The molecule has 2 aromatic heterocycles. The van der Waals surface area contributed by atoms with E-state index in [4.69, 9.17) is 4.74 Å². The number of aryl methyl sites for hydroxylation is 4. The highest BCUT2D eigenvalue weighted by Gasteiger charge is 2.37. The summed E-state index contributed by atoms with van der Waals surface area (Å²) >= 11 is 0. The summed E-state index contributed by atoms with van der Waals surface area (Å²) in [6.07, 6.45) is 13.9. The van der Waals surface area contributed by atoms with Crippen LogP contribution in [-0.2, 0) is 31.2 Å². The number of nitrogens with zero attached hydrogens (tertiary/aromatic N) is 5. The average Bonchev–Trinajstić information content (AvgIpc) is 3.27. The minimum absolute atomic E-state index is 0.220. The van der Waals surface area contributed by atoms with E-state index in [0.29, 0.717) is 13.0 Å². The summed E-state index contributed by atoms with van der Waals surface area (Å²) in [5, 5.41) is 4.43. The molecule has 39 heavy (non-hydrogen) atoms. The maximum Gasteiger partial charge on any atom is 0.222 e. The number of para-hydroxylation sites is 1. The molecule has 0 aliphatic carbocycles. The van der Waals surface area contributed by atoms with Gasteiger partial charge >= 0.3 is 0 Å². The number of fused-ring (bicyclic) bond motifs is 1. The van der Waals surface area contributed by atoms with Crippen LogP contribution in [0.25, 0.3) is 0 Å². The smallest absolute Gasteiger partial charge is 0.222 e. The van der Waals surface area contributed by atoms with Crippen LogP contribution >= 0.6 is 0 Å². The number of pyridine rings is 1. The molecule has 0 radical (unpaired) electrons. The van der Waals surface area contributed by atoms with Gasteiger partial charge in [0.25, 0.3) is 0 Å². The lowest BCUT2D eigenvalue weighted by atomic mass is 9.73. The van der Waals surface area contributed by atoms with Crippen LogP contribution in [0.5, 0.6) is 5.75 Å². The van der Waals surface area contributed by atoms with Gasteiger partial charge in [-0.15, -0.1) is 0 Å². The van der Waals surface area contributed by atoms with Gasteiger partial charge < -0.3 is 9.64 Å². The second kappa shape index (κ2) is 12.8. The molecule has 0 unspecified atom stereocenters. The van der Waals surface area contributed by atoms with E-state index in [2.05, 4.69) is 50.2 Å². The molecule has 208 valence electrons. The summed E-state index contributed by atoms with van der Waals surface area (Å²) < 4.78 is 8.15. The van der Waals surface area contributed by atoms with Crippen LogP contribution < -0.4 is 4.74 Å². The molecule has 0 atom stereocenters. The monoisotopic (exact) mass is 529 g/mol. The summed E-state index contributed by atoms with van der Waals surface area (Å²) in [4.78, 5) is 22.2. The topological polar surface area (TPSA) is 63.5 Å². The Morgan fingerprint density at radius 3 is 2.67 bits per heavy atom. The first-order valence-electron chi connectivity index (χ1n) is 14.6. The van der Waals surface area contributed by atoms with Crippen molar-refractivity contribution in [3.8, 4) is 5.75 Å². The third-order valence-corrected chi connectivity index (χ3v) is 8.63. The van der Waals surface area contributed by atoms with E-state index in [1.807, 2.05) is 43.3 Å². The number of rotatable bonds is 5. The van der Waals surface area contributed by atoms with Gasteiger partial charge in [0.05, 0.1) is 5.69 Å². The van der Waals surface area contributed by atoms with Crippen LogP contribution in [0.2, 0.25) is 0 Å². The molecule has 2 aliphatic rings. The second-order valence-electron chi connectivity index (χ2n) is 11.5. The van der Waals surface area contributed by atoms with Crippen molar-refractivity contribution in [1.29, 1.82) is 0 Å². The average molecular weight is 530 g/mol. The van der Waals surface area contributed by atoms with Crippen molar-refractivity contribution in [3.05, 3.63) is 77.4 Å². The van der Waals surface area contributed by atoms with Crippen LogP contribution in [-0.4, -0.2) is 63.3 Å². The molecule has 0 saturated carbocycles. The maximum atomic E-state index is 13.2. The number of benzene rings is 1. The molecule has 4 heterocycles. The van der Waals surface area contributed by atoms with Gasteiger partial charge in [-0.25, -0.2) is 0 Å². The lowest BCUT2D eigenvalue weighted by Gasteiger charge is -2.45. The quantitative estimate of drug-likeness (QED) is 0.467. The van der Waals surface area contributed by atoms with Crippen LogP contribution in [0.1, 0.15) is 60.9 Å². The zero-order valence-corrected chi connectivity index (χ0v) is 23.6. The molecule has 1 spiro atoms. The van der Waals surface area contributed by atoms with E-state index < -0.39 is 0 Å². The van der Waals surface area contributed by atoms with E-state index >= 15 is 0 Å². The number of aromatic nitrogens is 3. The van der Waals surface area contributed by atoms with Crippen molar-refractivity contribution in [2.45, 2.75) is 64.8 Å². The van der Waals surface area contributed by atoms with Crippen LogP contribution in [0.15, 0.2) is 55.0 Å². The molecule has 1 fully saturated rings. The molecule has 1 saturated heterocycles. The first-order valence-corrected chi connectivity index (χ1v) is 14.6. The summed E-state index contributed by atoms with van der Waals surface area (Å²) in [7, 11) is 1.94. The Morgan fingerprint density at radius 2 is 1.90 bits per heavy atom. The number of likely N-dealkylation sites (tertiary alicyclic amines) is 1. The highest BCUT2D eigenvalue weighted by Crippen LogP contribution is 2.39. The molecule has 2 aliphatic heterocycles. The van der Waals surface area contributed by atoms with Crippen molar-refractivity contribution in [1.82, 2.24) is 24.6 Å². The van der Waals surface area contributed by atoms with Gasteiger partial charge in [0.2, 0.25) is 5.91 Å². The lowest BCUT2D eigenvalue weighted by Crippen LogP contribution is -2.48. The zero-order chi connectivity index (χ0) is 27.1. The standard InChI is InChI=1S/C32H43N5O2/c1-26-29(24-35(2)34-26)12-13-31(38)37-18-15-32(16-19-37)14-6-5-10-28-9-3-4-11-30(28)39-21-20-36(25-32)23-27-8-7-17-33-22-27/h3-4,7-9,11,17,22,24H,5-6,10,12-16,18-21,23,25H2,1-2H3. The van der Waals surface area contributed by atoms with Crippen molar-refractivity contribution in [2.75, 3.05) is 32.8 Å². The molecular weight excluding hydrogens is 486 g/mol. The highest BCUT2D eigenvalue weighted by molar-refractivity contribution is 5.76. The Bertz CT molecular complexity index is 1220. The van der Waals surface area contributed by atoms with Crippen LogP contribution in [0, 0.1) is 12.3 Å². The van der Waals surface area contributed by atoms with E-state index in [0.717, 1.165) is 76.3 Å². The van der Waals surface area contributed by atoms with Gasteiger partial charge in [-0.1, -0.05) is 30.7 Å². The molecular formula is C32H43N5O2. The van der Waals surface area contributed by atoms with Crippen molar-refractivity contribution in [3.63, 3.8) is 0 Å².